The Balaban J connectivity index is 1.58. The van der Waals surface area contributed by atoms with Crippen LogP contribution in [0.5, 0.6) is 0 Å². The number of anilines is 1. The minimum absolute atomic E-state index is 0.349. The van der Waals surface area contributed by atoms with Gasteiger partial charge in [0, 0.05) is 10.6 Å². The number of nitrogens with zero attached hydrogens (tertiary/aromatic N) is 3. The van der Waals surface area contributed by atoms with Crippen LogP contribution in [0.3, 0.4) is 0 Å². The first-order chi connectivity index (χ1) is 16.1. The first-order valence-corrected chi connectivity index (χ1v) is 11.3. The second-order valence-electron chi connectivity index (χ2n) is 7.23. The first-order valence-electron chi connectivity index (χ1n) is 10.1. The van der Waals surface area contributed by atoms with Crippen molar-refractivity contribution in [1.82, 2.24) is 15.2 Å². The third-order valence-electron chi connectivity index (χ3n) is 5.06. The van der Waals surface area contributed by atoms with Gasteiger partial charge < -0.3 is 5.73 Å². The highest BCUT2D eigenvalue weighted by Crippen LogP contribution is 2.40. The summed E-state index contributed by atoms with van der Waals surface area (Å²) in [5, 5.41) is 9.98. The summed E-state index contributed by atoms with van der Waals surface area (Å²) in [7, 11) is 0. The summed E-state index contributed by atoms with van der Waals surface area (Å²) in [5.41, 5.74) is 13.3. The highest BCUT2D eigenvalue weighted by atomic mass is 35.5. The zero-order valence-corrected chi connectivity index (χ0v) is 18.8. The number of carbonyl (C=O) groups is 1. The molecule has 0 radical (unpaired) electrons. The van der Waals surface area contributed by atoms with Gasteiger partial charge in [-0.15, -0.1) is 11.3 Å². The number of fused-ring (bicyclic) bond motifs is 1. The number of thiophene rings is 1. The zero-order valence-electron chi connectivity index (χ0n) is 17.3. The number of aromatic nitrogens is 2. The smallest absolute Gasteiger partial charge is 0.276 e. The first kappa shape index (κ1) is 20.9. The Bertz CT molecular complexity index is 1460. The lowest BCUT2D eigenvalue weighted by Crippen LogP contribution is -2.19. The molecule has 162 valence electrons. The Kier molecular flexibility index (Phi) is 5.64. The van der Waals surface area contributed by atoms with Crippen molar-refractivity contribution in [3.8, 4) is 16.9 Å². The van der Waals surface area contributed by atoms with Crippen LogP contribution in [0, 0.1) is 0 Å². The Hall–Kier alpha value is -3.94. The van der Waals surface area contributed by atoms with Gasteiger partial charge in [-0.25, -0.2) is 10.1 Å². The predicted molar refractivity (Wildman–Crippen MR) is 135 cm³/mol. The highest BCUT2D eigenvalue weighted by Gasteiger charge is 2.25. The summed E-state index contributed by atoms with van der Waals surface area (Å²) in [4.78, 5) is 13.2. The molecular formula is C25H18ClN5OS. The number of hydrogen-bond acceptors (Lipinski definition) is 5. The van der Waals surface area contributed by atoms with E-state index in [-0.39, 0.29) is 0 Å². The van der Waals surface area contributed by atoms with Gasteiger partial charge in [0.15, 0.2) is 0 Å². The Morgan fingerprint density at radius 1 is 1.00 bits per heavy atom. The van der Waals surface area contributed by atoms with E-state index in [0.717, 1.165) is 27.2 Å². The molecular weight excluding hydrogens is 454 g/mol. The van der Waals surface area contributed by atoms with Crippen LogP contribution >= 0.6 is 22.9 Å². The molecule has 6 nitrogen and oxygen atoms in total. The molecule has 0 bridgehead atoms. The molecule has 5 rings (SSSR count). The molecule has 33 heavy (non-hydrogen) atoms. The molecule has 2 heterocycles. The van der Waals surface area contributed by atoms with Crippen LogP contribution in [0.2, 0.25) is 5.02 Å². The van der Waals surface area contributed by atoms with E-state index in [9.17, 15) is 4.79 Å². The fourth-order valence-electron chi connectivity index (χ4n) is 3.53. The molecule has 5 aromatic rings. The van der Waals surface area contributed by atoms with Crippen molar-refractivity contribution in [3.63, 3.8) is 0 Å². The van der Waals surface area contributed by atoms with Crippen molar-refractivity contribution in [2.45, 2.75) is 0 Å². The maximum Gasteiger partial charge on any atom is 0.276 e. The molecule has 0 fully saturated rings. The number of para-hydroxylation sites is 1. The Morgan fingerprint density at radius 2 is 1.67 bits per heavy atom. The molecule has 8 heteroatoms. The monoisotopic (exact) mass is 471 g/mol. The van der Waals surface area contributed by atoms with Crippen LogP contribution in [0.15, 0.2) is 90.0 Å². The van der Waals surface area contributed by atoms with E-state index in [1.54, 1.807) is 23.0 Å². The quantitative estimate of drug-likeness (QED) is 0.252. The summed E-state index contributed by atoms with van der Waals surface area (Å²) in [6.45, 7) is 0. The van der Waals surface area contributed by atoms with E-state index in [1.165, 1.54) is 11.3 Å². The van der Waals surface area contributed by atoms with Gasteiger partial charge >= 0.3 is 0 Å². The lowest BCUT2D eigenvalue weighted by molar-refractivity contribution is 0.0957. The molecule has 0 spiro atoms. The fourth-order valence-corrected chi connectivity index (χ4v) is 4.71. The third-order valence-corrected chi connectivity index (χ3v) is 6.33. The van der Waals surface area contributed by atoms with E-state index in [0.29, 0.717) is 21.1 Å². The summed E-state index contributed by atoms with van der Waals surface area (Å²) >= 11 is 7.26. The number of amides is 1. The van der Waals surface area contributed by atoms with Gasteiger partial charge in [-0.1, -0.05) is 72.3 Å². The molecule has 0 saturated heterocycles. The summed E-state index contributed by atoms with van der Waals surface area (Å²) in [6.07, 6.45) is 1.55. The van der Waals surface area contributed by atoms with E-state index in [2.05, 4.69) is 10.5 Å². The van der Waals surface area contributed by atoms with E-state index < -0.39 is 5.91 Å². The standard InChI is InChI=1S/C25H18ClN5OS/c26-18-13-11-16(12-14-18)15-28-29-25(32)20-22-23(33-24(20)27)21(17-7-3-1-4-8-17)30-31(22)19-9-5-2-6-10-19/h1-15H,27H2,(H,29,32). The molecule has 0 saturated carbocycles. The number of halogens is 1. The second-order valence-corrected chi connectivity index (χ2v) is 8.72. The number of hydrogen-bond donors (Lipinski definition) is 2. The SMILES string of the molecule is Nc1sc2c(-c3ccccc3)nn(-c3ccccc3)c2c1C(=O)NN=Cc1ccc(Cl)cc1. The third kappa shape index (κ3) is 4.11. The van der Waals surface area contributed by atoms with Gasteiger partial charge in [-0.05, 0) is 29.8 Å². The van der Waals surface area contributed by atoms with Crippen molar-refractivity contribution in [2.75, 3.05) is 5.73 Å². The maximum absolute atomic E-state index is 13.2. The van der Waals surface area contributed by atoms with Gasteiger partial charge in [0.25, 0.3) is 5.91 Å². The van der Waals surface area contributed by atoms with Crippen molar-refractivity contribution < 1.29 is 4.79 Å². The van der Waals surface area contributed by atoms with Crippen molar-refractivity contribution >= 4 is 50.3 Å². The van der Waals surface area contributed by atoms with Crippen LogP contribution < -0.4 is 11.2 Å². The number of hydrazone groups is 1. The fraction of sp³-hybridized carbons (Fsp3) is 0. The van der Waals surface area contributed by atoms with Gasteiger partial charge in [0.05, 0.1) is 16.6 Å². The van der Waals surface area contributed by atoms with Gasteiger partial charge in [-0.3, -0.25) is 4.79 Å². The second kappa shape index (κ2) is 8.90. The van der Waals surface area contributed by atoms with Gasteiger partial charge in [-0.2, -0.15) is 10.2 Å². The number of carbonyl (C=O) groups excluding carboxylic acids is 1. The zero-order chi connectivity index (χ0) is 22.8. The van der Waals surface area contributed by atoms with E-state index in [4.69, 9.17) is 22.4 Å². The predicted octanol–water partition coefficient (Wildman–Crippen LogP) is 5.75. The van der Waals surface area contributed by atoms with Crippen LogP contribution in [0.4, 0.5) is 5.00 Å². The van der Waals surface area contributed by atoms with Crippen LogP contribution in [0.25, 0.3) is 27.2 Å². The number of nitrogens with two attached hydrogens (primary N) is 1. The van der Waals surface area contributed by atoms with E-state index >= 15 is 0 Å². The minimum atomic E-state index is -0.402. The molecule has 3 N–H and O–H groups in total. The van der Waals surface area contributed by atoms with Crippen LogP contribution in [-0.2, 0) is 0 Å². The summed E-state index contributed by atoms with van der Waals surface area (Å²) in [5.74, 6) is -0.402. The molecule has 0 aliphatic rings. The number of nitrogen functional groups attached to an aromatic ring is 1. The summed E-state index contributed by atoms with van der Waals surface area (Å²) in [6, 6.07) is 26.7. The molecule has 0 aliphatic heterocycles. The van der Waals surface area contributed by atoms with Crippen LogP contribution in [-0.4, -0.2) is 21.9 Å². The highest BCUT2D eigenvalue weighted by molar-refractivity contribution is 7.23. The molecule has 0 aliphatic carbocycles. The number of rotatable bonds is 5. The van der Waals surface area contributed by atoms with Gasteiger partial charge in [0.2, 0.25) is 0 Å². The van der Waals surface area contributed by atoms with Crippen molar-refractivity contribution in [2.24, 2.45) is 5.10 Å². The number of benzene rings is 3. The average molecular weight is 472 g/mol. The number of nitrogens with one attached hydrogen (secondary N) is 1. The Labute approximate surface area is 198 Å². The lowest BCUT2D eigenvalue weighted by atomic mass is 10.1. The van der Waals surface area contributed by atoms with Crippen molar-refractivity contribution in [3.05, 3.63) is 101 Å². The molecule has 0 unspecified atom stereocenters. The van der Waals surface area contributed by atoms with E-state index in [1.807, 2.05) is 72.8 Å². The molecule has 0 atom stereocenters. The molecule has 1 amide bonds. The van der Waals surface area contributed by atoms with Crippen molar-refractivity contribution in [1.29, 1.82) is 0 Å². The lowest BCUT2D eigenvalue weighted by Gasteiger charge is -2.05. The normalized spacial score (nSPS) is 11.3. The minimum Gasteiger partial charge on any atom is -0.390 e. The average Bonchev–Trinajstić information content (AvgIpc) is 3.37. The Morgan fingerprint density at radius 3 is 2.36 bits per heavy atom. The topological polar surface area (TPSA) is 85.3 Å². The maximum atomic E-state index is 13.2. The largest absolute Gasteiger partial charge is 0.390 e. The molecule has 2 aromatic heterocycles. The molecule has 3 aromatic carbocycles. The van der Waals surface area contributed by atoms with Gasteiger partial charge in [0.1, 0.15) is 21.8 Å². The van der Waals surface area contributed by atoms with Crippen LogP contribution in [0.1, 0.15) is 15.9 Å². The summed E-state index contributed by atoms with van der Waals surface area (Å²) < 4.78 is 2.61.